The fourth-order valence-corrected chi connectivity index (χ4v) is 3.33. The number of para-hydroxylation sites is 3. The molecular formula is C22H23N5O2. The van der Waals surface area contributed by atoms with Gasteiger partial charge < -0.3 is 9.30 Å². The van der Waals surface area contributed by atoms with Crippen molar-refractivity contribution in [3.8, 4) is 11.4 Å². The lowest BCUT2D eigenvalue weighted by atomic mass is 10.1. The molecule has 0 spiro atoms. The second-order valence-electron chi connectivity index (χ2n) is 7.71. The number of hydrogen-bond acceptors (Lipinski definition) is 4. The van der Waals surface area contributed by atoms with E-state index in [9.17, 15) is 4.79 Å². The van der Waals surface area contributed by atoms with E-state index in [1.165, 1.54) is 7.11 Å². The predicted molar refractivity (Wildman–Crippen MR) is 113 cm³/mol. The zero-order chi connectivity index (χ0) is 20.6. The molecule has 0 aliphatic heterocycles. The Bertz CT molecular complexity index is 1170. The van der Waals surface area contributed by atoms with Gasteiger partial charge in [-0.2, -0.15) is 5.10 Å². The third-order valence-corrected chi connectivity index (χ3v) is 4.59. The summed E-state index contributed by atoms with van der Waals surface area (Å²) in [5.41, 5.74) is 2.54. The van der Waals surface area contributed by atoms with Gasteiger partial charge in [0.2, 0.25) is 5.95 Å². The van der Waals surface area contributed by atoms with Crippen molar-refractivity contribution in [3.05, 3.63) is 66.5 Å². The number of benzene rings is 2. The third kappa shape index (κ3) is 3.47. The SMILES string of the molecule is COc1cn(-c2ccccc2)nc1C(=O)Nc1nc2ccccc2n1C(C)(C)C. The van der Waals surface area contributed by atoms with Crippen LogP contribution in [0.3, 0.4) is 0 Å². The van der Waals surface area contributed by atoms with Gasteiger partial charge in [0.05, 0.1) is 30.0 Å². The standard InChI is InChI=1S/C22H23N5O2/c1-22(2,3)27-17-13-9-8-12-16(17)23-21(27)24-20(28)19-18(29-4)14-26(25-19)15-10-6-5-7-11-15/h5-14H,1-4H3,(H,23,24,28). The largest absolute Gasteiger partial charge is 0.493 e. The molecule has 7 heteroatoms. The molecule has 0 atom stereocenters. The molecule has 2 aromatic heterocycles. The summed E-state index contributed by atoms with van der Waals surface area (Å²) in [6.07, 6.45) is 1.69. The van der Waals surface area contributed by atoms with E-state index in [0.717, 1.165) is 16.7 Å². The van der Waals surface area contributed by atoms with Crippen LogP contribution in [0.5, 0.6) is 5.75 Å². The van der Waals surface area contributed by atoms with E-state index in [2.05, 4.69) is 36.2 Å². The summed E-state index contributed by atoms with van der Waals surface area (Å²) >= 11 is 0. The minimum absolute atomic E-state index is 0.198. The van der Waals surface area contributed by atoms with Crippen LogP contribution < -0.4 is 10.1 Å². The lowest BCUT2D eigenvalue weighted by Gasteiger charge is -2.24. The van der Waals surface area contributed by atoms with Crippen LogP contribution in [0, 0.1) is 0 Å². The van der Waals surface area contributed by atoms with Crippen molar-refractivity contribution in [3.63, 3.8) is 0 Å². The van der Waals surface area contributed by atoms with Crippen LogP contribution >= 0.6 is 0 Å². The first-order chi connectivity index (χ1) is 13.9. The van der Waals surface area contributed by atoms with E-state index in [4.69, 9.17) is 4.74 Å². The molecular weight excluding hydrogens is 366 g/mol. The van der Waals surface area contributed by atoms with E-state index in [-0.39, 0.29) is 17.1 Å². The molecule has 0 unspecified atom stereocenters. The number of nitrogens with one attached hydrogen (secondary N) is 1. The van der Waals surface area contributed by atoms with Crippen molar-refractivity contribution >= 4 is 22.9 Å². The second-order valence-corrected chi connectivity index (χ2v) is 7.71. The average molecular weight is 389 g/mol. The quantitative estimate of drug-likeness (QED) is 0.567. The summed E-state index contributed by atoms with van der Waals surface area (Å²) < 4.78 is 9.03. The molecule has 1 N–H and O–H groups in total. The third-order valence-electron chi connectivity index (χ3n) is 4.59. The molecule has 0 radical (unpaired) electrons. The normalized spacial score (nSPS) is 11.6. The molecule has 148 valence electrons. The van der Waals surface area contributed by atoms with Gasteiger partial charge in [-0.3, -0.25) is 10.1 Å². The first kappa shape index (κ1) is 18.7. The smallest absolute Gasteiger partial charge is 0.282 e. The summed E-state index contributed by atoms with van der Waals surface area (Å²) in [6.45, 7) is 6.21. The van der Waals surface area contributed by atoms with Gasteiger partial charge in [0.1, 0.15) is 0 Å². The van der Waals surface area contributed by atoms with Crippen LogP contribution in [0.1, 0.15) is 31.3 Å². The summed E-state index contributed by atoms with van der Waals surface area (Å²) in [5, 5.41) is 7.36. The van der Waals surface area contributed by atoms with E-state index in [1.54, 1.807) is 10.9 Å². The summed E-state index contributed by atoms with van der Waals surface area (Å²) in [6, 6.07) is 17.4. The lowest BCUT2D eigenvalue weighted by Crippen LogP contribution is -2.26. The average Bonchev–Trinajstić information content (AvgIpc) is 3.29. The molecule has 7 nitrogen and oxygen atoms in total. The number of ether oxygens (including phenoxy) is 1. The minimum atomic E-state index is -0.377. The maximum Gasteiger partial charge on any atom is 0.282 e. The summed E-state index contributed by atoms with van der Waals surface area (Å²) in [5.74, 6) is 0.488. The van der Waals surface area contributed by atoms with Gasteiger partial charge in [-0.15, -0.1) is 0 Å². The van der Waals surface area contributed by atoms with E-state index in [0.29, 0.717) is 11.7 Å². The van der Waals surface area contributed by atoms with Crippen molar-refractivity contribution in [2.75, 3.05) is 12.4 Å². The van der Waals surface area contributed by atoms with Crippen LogP contribution in [-0.2, 0) is 5.54 Å². The number of carbonyl (C=O) groups is 1. The van der Waals surface area contributed by atoms with Crippen LogP contribution in [0.4, 0.5) is 5.95 Å². The van der Waals surface area contributed by atoms with E-state index >= 15 is 0 Å². The number of aromatic nitrogens is 4. The maximum absolute atomic E-state index is 13.1. The first-order valence-electron chi connectivity index (χ1n) is 9.37. The first-order valence-corrected chi connectivity index (χ1v) is 9.37. The number of anilines is 1. The Morgan fingerprint density at radius 3 is 2.41 bits per heavy atom. The van der Waals surface area contributed by atoms with Crippen molar-refractivity contribution < 1.29 is 9.53 Å². The van der Waals surface area contributed by atoms with Crippen molar-refractivity contribution in [2.45, 2.75) is 26.3 Å². The lowest BCUT2D eigenvalue weighted by molar-refractivity contribution is 0.101. The Balaban J connectivity index is 1.73. The number of fused-ring (bicyclic) bond motifs is 1. The molecule has 0 saturated heterocycles. The molecule has 1 amide bonds. The molecule has 0 bridgehead atoms. The van der Waals surface area contributed by atoms with Gasteiger partial charge in [-0.25, -0.2) is 9.67 Å². The highest BCUT2D eigenvalue weighted by Crippen LogP contribution is 2.29. The molecule has 4 rings (SSSR count). The number of nitrogens with zero attached hydrogens (tertiary/aromatic N) is 4. The van der Waals surface area contributed by atoms with Gasteiger partial charge in [-0.05, 0) is 45.0 Å². The van der Waals surface area contributed by atoms with E-state index in [1.807, 2.05) is 59.2 Å². The van der Waals surface area contributed by atoms with Crippen LogP contribution in [0.25, 0.3) is 16.7 Å². The summed E-state index contributed by atoms with van der Waals surface area (Å²) in [7, 11) is 1.52. The number of rotatable bonds is 4. The predicted octanol–water partition coefficient (Wildman–Crippen LogP) is 4.24. The van der Waals surface area contributed by atoms with Crippen LogP contribution in [0.2, 0.25) is 0 Å². The molecule has 4 aromatic rings. The number of imidazole rings is 1. The number of hydrogen-bond donors (Lipinski definition) is 1. The molecule has 0 aliphatic rings. The highest BCUT2D eigenvalue weighted by molar-refractivity contribution is 6.04. The highest BCUT2D eigenvalue weighted by Gasteiger charge is 2.25. The highest BCUT2D eigenvalue weighted by atomic mass is 16.5. The summed E-state index contributed by atoms with van der Waals surface area (Å²) in [4.78, 5) is 17.7. The number of carbonyl (C=O) groups excluding carboxylic acids is 1. The Hall–Kier alpha value is -3.61. The zero-order valence-electron chi connectivity index (χ0n) is 16.9. The van der Waals surface area contributed by atoms with Crippen molar-refractivity contribution in [1.29, 1.82) is 0 Å². The Morgan fingerprint density at radius 1 is 1.03 bits per heavy atom. The van der Waals surface area contributed by atoms with Crippen LogP contribution in [-0.4, -0.2) is 32.3 Å². The zero-order valence-corrected chi connectivity index (χ0v) is 16.9. The minimum Gasteiger partial charge on any atom is -0.493 e. The monoisotopic (exact) mass is 389 g/mol. The van der Waals surface area contributed by atoms with Gasteiger partial charge >= 0.3 is 0 Å². The van der Waals surface area contributed by atoms with Crippen LogP contribution in [0.15, 0.2) is 60.8 Å². The fourth-order valence-electron chi connectivity index (χ4n) is 3.33. The van der Waals surface area contributed by atoms with Gasteiger partial charge in [-0.1, -0.05) is 30.3 Å². The Labute approximate surface area is 168 Å². The Kier molecular flexibility index (Phi) is 4.58. The number of methoxy groups -OCH3 is 1. The maximum atomic E-state index is 13.1. The second kappa shape index (κ2) is 7.09. The molecule has 2 aromatic carbocycles. The van der Waals surface area contributed by atoms with Crippen molar-refractivity contribution in [2.24, 2.45) is 0 Å². The van der Waals surface area contributed by atoms with Crippen molar-refractivity contribution in [1.82, 2.24) is 19.3 Å². The molecule has 2 heterocycles. The molecule has 0 saturated carbocycles. The Morgan fingerprint density at radius 2 is 1.72 bits per heavy atom. The molecule has 0 fully saturated rings. The fraction of sp³-hybridized carbons (Fsp3) is 0.227. The van der Waals surface area contributed by atoms with E-state index < -0.39 is 0 Å². The number of amides is 1. The van der Waals surface area contributed by atoms with Gasteiger partial charge in [0, 0.05) is 5.54 Å². The molecule has 29 heavy (non-hydrogen) atoms. The van der Waals surface area contributed by atoms with Gasteiger partial charge in [0.15, 0.2) is 11.4 Å². The van der Waals surface area contributed by atoms with Gasteiger partial charge in [0.25, 0.3) is 5.91 Å². The molecule has 0 aliphatic carbocycles. The topological polar surface area (TPSA) is 74.0 Å².